The molecule has 0 fully saturated rings. The van der Waals surface area contributed by atoms with Crippen LogP contribution in [0, 0.1) is 0 Å². The normalized spacial score (nSPS) is 15.1. The van der Waals surface area contributed by atoms with E-state index in [9.17, 15) is 4.79 Å². The van der Waals surface area contributed by atoms with Gasteiger partial charge in [0, 0.05) is 37.3 Å². The molecule has 3 rings (SSSR count). The molecular weight excluding hydrogens is 292 g/mol. The molecule has 5 nitrogen and oxygen atoms in total. The van der Waals surface area contributed by atoms with Gasteiger partial charge in [-0.2, -0.15) is 0 Å². The number of benzene rings is 1. The van der Waals surface area contributed by atoms with Gasteiger partial charge in [-0.3, -0.25) is 9.69 Å². The topological polar surface area (TPSA) is 54.7 Å². The zero-order valence-electron chi connectivity index (χ0n) is 11.8. The Kier molecular flexibility index (Phi) is 3.78. The fourth-order valence-electron chi connectivity index (χ4n) is 2.91. The summed E-state index contributed by atoms with van der Waals surface area (Å²) in [5.74, 6) is 0.0606. The summed E-state index contributed by atoms with van der Waals surface area (Å²) in [6.45, 7) is 2.96. The van der Waals surface area contributed by atoms with Crippen molar-refractivity contribution in [3.05, 3.63) is 28.9 Å². The molecule has 1 aliphatic heterocycles. The van der Waals surface area contributed by atoms with E-state index in [2.05, 4.69) is 15.5 Å². The van der Waals surface area contributed by atoms with Gasteiger partial charge in [0.15, 0.2) is 0 Å². The van der Waals surface area contributed by atoms with Crippen molar-refractivity contribution in [2.45, 2.75) is 19.5 Å². The molecular formula is C15H17ClN2O3. The predicted molar refractivity (Wildman–Crippen MR) is 81.0 cm³/mol. The fraction of sp³-hybridized carbons (Fsp3) is 0.400. The highest BCUT2D eigenvalue weighted by molar-refractivity contribution is 6.35. The fourth-order valence-corrected chi connectivity index (χ4v) is 3.12. The van der Waals surface area contributed by atoms with E-state index in [1.54, 1.807) is 7.11 Å². The second-order valence-electron chi connectivity index (χ2n) is 5.22. The van der Waals surface area contributed by atoms with Gasteiger partial charge in [-0.15, -0.1) is 0 Å². The summed E-state index contributed by atoms with van der Waals surface area (Å²) in [4.78, 5) is 12.8. The Morgan fingerprint density at radius 1 is 1.43 bits per heavy atom. The standard InChI is InChI=1S/C15H17ClN2O3/c1-21-13-3-2-12(16)11-8-10-9-17(5-4-14(19)20)6-7-18(10)15(11)13/h2-3,8H,4-7,9H2,1H3,(H,19,20). The molecule has 0 spiro atoms. The van der Waals surface area contributed by atoms with Crippen LogP contribution in [0.1, 0.15) is 12.1 Å². The van der Waals surface area contributed by atoms with Crippen molar-refractivity contribution in [1.82, 2.24) is 9.47 Å². The molecule has 0 saturated heterocycles. The van der Waals surface area contributed by atoms with Crippen LogP contribution in [0.5, 0.6) is 5.75 Å². The first kappa shape index (κ1) is 14.2. The number of carboxylic acids is 1. The van der Waals surface area contributed by atoms with Crippen LogP contribution in [0.2, 0.25) is 5.02 Å². The first-order valence-corrected chi connectivity index (χ1v) is 7.26. The van der Waals surface area contributed by atoms with E-state index in [-0.39, 0.29) is 6.42 Å². The van der Waals surface area contributed by atoms with Crippen LogP contribution in [0.25, 0.3) is 10.9 Å². The Labute approximate surface area is 127 Å². The van der Waals surface area contributed by atoms with E-state index in [0.717, 1.165) is 42.0 Å². The Bertz CT molecular complexity index is 696. The van der Waals surface area contributed by atoms with Gasteiger partial charge in [-0.05, 0) is 18.2 Å². The van der Waals surface area contributed by atoms with Gasteiger partial charge in [0.1, 0.15) is 5.75 Å². The average Bonchev–Trinajstić information content (AvgIpc) is 2.85. The molecule has 0 bridgehead atoms. The van der Waals surface area contributed by atoms with Crippen LogP contribution >= 0.6 is 11.6 Å². The Morgan fingerprint density at radius 3 is 2.95 bits per heavy atom. The van der Waals surface area contributed by atoms with Crippen LogP contribution in [0.3, 0.4) is 0 Å². The van der Waals surface area contributed by atoms with Crippen molar-refractivity contribution < 1.29 is 14.6 Å². The zero-order valence-corrected chi connectivity index (χ0v) is 12.6. The molecule has 0 aliphatic carbocycles. The Hall–Kier alpha value is -1.72. The highest BCUT2D eigenvalue weighted by Gasteiger charge is 2.21. The van der Waals surface area contributed by atoms with Crippen molar-refractivity contribution in [2.24, 2.45) is 0 Å². The first-order chi connectivity index (χ1) is 10.1. The molecule has 0 radical (unpaired) electrons. The molecule has 1 aromatic heterocycles. The molecule has 2 aromatic rings. The zero-order chi connectivity index (χ0) is 15.0. The Morgan fingerprint density at radius 2 is 2.24 bits per heavy atom. The largest absolute Gasteiger partial charge is 0.495 e. The number of carboxylic acid groups (broad SMARTS) is 1. The van der Waals surface area contributed by atoms with Gasteiger partial charge >= 0.3 is 5.97 Å². The molecule has 0 atom stereocenters. The maximum atomic E-state index is 10.7. The van der Waals surface area contributed by atoms with Crippen molar-refractivity contribution >= 4 is 28.5 Å². The third-order valence-electron chi connectivity index (χ3n) is 3.94. The number of ether oxygens (including phenoxy) is 1. The predicted octanol–water partition coefficient (Wildman–Crippen LogP) is 2.59. The number of hydrogen-bond acceptors (Lipinski definition) is 3. The van der Waals surface area contributed by atoms with Crippen molar-refractivity contribution in [1.29, 1.82) is 0 Å². The maximum Gasteiger partial charge on any atom is 0.304 e. The van der Waals surface area contributed by atoms with E-state index in [1.807, 2.05) is 12.1 Å². The molecule has 0 amide bonds. The highest BCUT2D eigenvalue weighted by Crippen LogP contribution is 2.35. The van der Waals surface area contributed by atoms with E-state index < -0.39 is 5.97 Å². The summed E-state index contributed by atoms with van der Waals surface area (Å²) in [5.41, 5.74) is 2.17. The third kappa shape index (κ3) is 2.59. The molecule has 0 unspecified atom stereocenters. The van der Waals surface area contributed by atoms with Gasteiger partial charge in [0.25, 0.3) is 0 Å². The summed E-state index contributed by atoms with van der Waals surface area (Å²) < 4.78 is 7.66. The van der Waals surface area contributed by atoms with E-state index in [1.165, 1.54) is 0 Å². The van der Waals surface area contributed by atoms with Gasteiger partial charge in [-0.25, -0.2) is 0 Å². The lowest BCUT2D eigenvalue weighted by atomic mass is 10.2. The van der Waals surface area contributed by atoms with Gasteiger partial charge in [-0.1, -0.05) is 11.6 Å². The first-order valence-electron chi connectivity index (χ1n) is 6.89. The van der Waals surface area contributed by atoms with Crippen LogP contribution in [-0.2, 0) is 17.9 Å². The minimum Gasteiger partial charge on any atom is -0.495 e. The SMILES string of the molecule is COc1ccc(Cl)c2cc3n(c12)CCN(CCC(=O)O)C3. The molecule has 2 heterocycles. The molecule has 1 aliphatic rings. The number of nitrogens with zero attached hydrogens (tertiary/aromatic N) is 2. The lowest BCUT2D eigenvalue weighted by Gasteiger charge is -2.28. The Balaban J connectivity index is 1.95. The lowest BCUT2D eigenvalue weighted by molar-refractivity contribution is -0.137. The van der Waals surface area contributed by atoms with Gasteiger partial charge in [0.2, 0.25) is 0 Å². The number of hydrogen-bond donors (Lipinski definition) is 1. The van der Waals surface area contributed by atoms with Crippen LogP contribution in [0.15, 0.2) is 18.2 Å². The summed E-state index contributed by atoms with van der Waals surface area (Å²) in [7, 11) is 1.66. The number of methoxy groups -OCH3 is 1. The number of halogens is 1. The van der Waals surface area contributed by atoms with Gasteiger partial charge in [0.05, 0.1) is 24.1 Å². The number of fused-ring (bicyclic) bond motifs is 3. The molecule has 1 N–H and O–H groups in total. The van der Waals surface area contributed by atoms with E-state index in [4.69, 9.17) is 21.4 Å². The smallest absolute Gasteiger partial charge is 0.304 e. The van der Waals surface area contributed by atoms with E-state index >= 15 is 0 Å². The summed E-state index contributed by atoms with van der Waals surface area (Å²) in [5, 5.41) is 10.5. The lowest BCUT2D eigenvalue weighted by Crippen LogP contribution is -2.34. The van der Waals surface area contributed by atoms with Crippen molar-refractivity contribution in [3.8, 4) is 5.75 Å². The van der Waals surface area contributed by atoms with Crippen molar-refractivity contribution in [3.63, 3.8) is 0 Å². The maximum absolute atomic E-state index is 10.7. The highest BCUT2D eigenvalue weighted by atomic mass is 35.5. The van der Waals surface area contributed by atoms with Gasteiger partial charge < -0.3 is 14.4 Å². The molecule has 112 valence electrons. The molecule has 1 aromatic carbocycles. The van der Waals surface area contributed by atoms with Crippen LogP contribution in [-0.4, -0.2) is 40.7 Å². The van der Waals surface area contributed by atoms with E-state index in [0.29, 0.717) is 11.6 Å². The summed E-state index contributed by atoms with van der Waals surface area (Å²) in [6, 6.07) is 5.80. The number of carbonyl (C=O) groups is 1. The third-order valence-corrected chi connectivity index (χ3v) is 4.27. The molecule has 21 heavy (non-hydrogen) atoms. The number of aliphatic carboxylic acids is 1. The second kappa shape index (κ2) is 5.58. The monoisotopic (exact) mass is 308 g/mol. The second-order valence-corrected chi connectivity index (χ2v) is 5.63. The number of rotatable bonds is 4. The minimum absolute atomic E-state index is 0.171. The molecule has 0 saturated carbocycles. The average molecular weight is 309 g/mol. The van der Waals surface area contributed by atoms with Crippen LogP contribution in [0.4, 0.5) is 0 Å². The van der Waals surface area contributed by atoms with Crippen molar-refractivity contribution in [2.75, 3.05) is 20.2 Å². The molecule has 6 heteroatoms. The quantitative estimate of drug-likeness (QED) is 0.943. The summed E-state index contributed by atoms with van der Waals surface area (Å²) >= 11 is 6.28. The summed E-state index contributed by atoms with van der Waals surface area (Å²) in [6.07, 6.45) is 0.171. The number of aromatic nitrogens is 1. The minimum atomic E-state index is -0.758. The van der Waals surface area contributed by atoms with Crippen LogP contribution < -0.4 is 4.74 Å².